The predicted octanol–water partition coefficient (Wildman–Crippen LogP) is 4.10. The number of hydrogen-bond donors (Lipinski definition) is 2. The van der Waals surface area contributed by atoms with Crippen molar-refractivity contribution in [1.82, 2.24) is 0 Å². The third-order valence-corrected chi connectivity index (χ3v) is 3.20. The van der Waals surface area contributed by atoms with Crippen molar-refractivity contribution in [3.05, 3.63) is 63.9 Å². The molecule has 0 saturated carbocycles. The maximum atomic E-state index is 13.5. The molecule has 0 amide bonds. The van der Waals surface area contributed by atoms with Crippen molar-refractivity contribution in [3.63, 3.8) is 0 Å². The molecule has 0 radical (unpaired) electrons. The van der Waals surface area contributed by atoms with Crippen molar-refractivity contribution >= 4 is 23.3 Å². The molecule has 0 heterocycles. The molecule has 3 nitrogen and oxygen atoms in total. The fourth-order valence-corrected chi connectivity index (χ4v) is 2.00. The molecule has 5 heteroatoms. The summed E-state index contributed by atoms with van der Waals surface area (Å²) in [6.45, 7) is 2.31. The number of benzene rings is 2. The number of nitrogens with one attached hydrogen (secondary N) is 1. The molecule has 2 N–H and O–H groups in total. The second kappa shape index (κ2) is 5.92. The lowest BCUT2D eigenvalue weighted by molar-refractivity contribution is 0.0692. The van der Waals surface area contributed by atoms with Crippen LogP contribution in [0.3, 0.4) is 0 Å². The minimum atomic E-state index is -1.27. The number of aryl methyl sites for hydroxylation is 1. The summed E-state index contributed by atoms with van der Waals surface area (Å²) in [5.74, 6) is -2.02. The Balaban J connectivity index is 2.13. The zero-order valence-corrected chi connectivity index (χ0v) is 11.5. The summed E-state index contributed by atoms with van der Waals surface area (Å²) in [7, 11) is 0. The average Bonchev–Trinajstić information content (AvgIpc) is 2.39. The van der Waals surface area contributed by atoms with E-state index in [0.717, 1.165) is 11.3 Å². The smallest absolute Gasteiger partial charge is 0.338 e. The fourth-order valence-electron chi connectivity index (χ4n) is 1.81. The Bertz CT molecular complexity index is 658. The van der Waals surface area contributed by atoms with E-state index in [1.54, 1.807) is 12.1 Å². The molecular formula is C15H13ClFNO2. The molecular weight excluding hydrogens is 281 g/mol. The molecule has 104 valence electrons. The SMILES string of the molecule is Cc1ccc(Cl)c(NCc2ccc(C(=O)O)c(F)c2)c1. The lowest BCUT2D eigenvalue weighted by atomic mass is 10.1. The van der Waals surface area contributed by atoms with Crippen molar-refractivity contribution in [2.24, 2.45) is 0 Å². The van der Waals surface area contributed by atoms with Crippen LogP contribution in [0, 0.1) is 12.7 Å². The molecule has 0 spiro atoms. The highest BCUT2D eigenvalue weighted by Gasteiger charge is 2.10. The van der Waals surface area contributed by atoms with E-state index in [4.69, 9.17) is 16.7 Å². The van der Waals surface area contributed by atoms with E-state index >= 15 is 0 Å². The second-order valence-electron chi connectivity index (χ2n) is 4.46. The first kappa shape index (κ1) is 14.3. The van der Waals surface area contributed by atoms with Gasteiger partial charge in [-0.3, -0.25) is 0 Å². The number of carboxylic acid groups (broad SMARTS) is 1. The van der Waals surface area contributed by atoms with Crippen molar-refractivity contribution in [2.45, 2.75) is 13.5 Å². The topological polar surface area (TPSA) is 49.3 Å². The summed E-state index contributed by atoms with van der Waals surface area (Å²) >= 11 is 6.05. The van der Waals surface area contributed by atoms with Gasteiger partial charge in [0.1, 0.15) is 5.82 Å². The maximum Gasteiger partial charge on any atom is 0.338 e. The summed E-state index contributed by atoms with van der Waals surface area (Å²) in [4.78, 5) is 10.7. The van der Waals surface area contributed by atoms with E-state index in [1.165, 1.54) is 12.1 Å². The molecule has 0 aromatic heterocycles. The van der Waals surface area contributed by atoms with E-state index in [-0.39, 0.29) is 5.56 Å². The molecule has 0 fully saturated rings. The standard InChI is InChI=1S/C15H13ClFNO2/c1-9-2-5-12(16)14(6-9)18-8-10-3-4-11(15(19)20)13(17)7-10/h2-7,18H,8H2,1H3,(H,19,20). The first-order valence-electron chi connectivity index (χ1n) is 5.99. The maximum absolute atomic E-state index is 13.5. The summed E-state index contributed by atoms with van der Waals surface area (Å²) in [6, 6.07) is 9.61. The van der Waals surface area contributed by atoms with Crippen LogP contribution in [0.2, 0.25) is 5.02 Å². The lowest BCUT2D eigenvalue weighted by Crippen LogP contribution is -2.04. The minimum absolute atomic E-state index is 0.331. The van der Waals surface area contributed by atoms with Crippen LogP contribution in [-0.2, 0) is 6.54 Å². The Labute approximate surface area is 121 Å². The number of rotatable bonds is 4. The van der Waals surface area contributed by atoms with Gasteiger partial charge in [0.15, 0.2) is 0 Å². The summed E-state index contributed by atoms with van der Waals surface area (Å²) in [6.07, 6.45) is 0. The third-order valence-electron chi connectivity index (χ3n) is 2.87. The molecule has 0 saturated heterocycles. The predicted molar refractivity (Wildman–Crippen MR) is 76.9 cm³/mol. The van der Waals surface area contributed by atoms with Crippen LogP contribution in [0.15, 0.2) is 36.4 Å². The molecule has 0 aliphatic rings. The van der Waals surface area contributed by atoms with Gasteiger partial charge in [-0.15, -0.1) is 0 Å². The zero-order chi connectivity index (χ0) is 14.7. The van der Waals surface area contributed by atoms with Crippen molar-refractivity contribution in [3.8, 4) is 0 Å². The zero-order valence-electron chi connectivity index (χ0n) is 10.8. The van der Waals surface area contributed by atoms with Crippen molar-refractivity contribution in [1.29, 1.82) is 0 Å². The summed E-state index contributed by atoms with van der Waals surface area (Å²) in [5.41, 5.74) is 2.13. The highest BCUT2D eigenvalue weighted by Crippen LogP contribution is 2.23. The van der Waals surface area contributed by atoms with E-state index in [0.29, 0.717) is 17.1 Å². The Morgan fingerprint density at radius 3 is 2.70 bits per heavy atom. The van der Waals surface area contributed by atoms with Gasteiger partial charge in [0.2, 0.25) is 0 Å². The number of carbonyl (C=O) groups is 1. The molecule has 20 heavy (non-hydrogen) atoms. The highest BCUT2D eigenvalue weighted by molar-refractivity contribution is 6.33. The second-order valence-corrected chi connectivity index (χ2v) is 4.86. The molecule has 0 unspecified atom stereocenters. The molecule has 0 aliphatic carbocycles. The van der Waals surface area contributed by atoms with Crippen LogP contribution in [0.4, 0.5) is 10.1 Å². The largest absolute Gasteiger partial charge is 0.478 e. The van der Waals surface area contributed by atoms with Gasteiger partial charge < -0.3 is 10.4 Å². The molecule has 0 atom stereocenters. The van der Waals surface area contributed by atoms with Gasteiger partial charge >= 0.3 is 5.97 Å². The average molecular weight is 294 g/mol. The Kier molecular flexibility index (Phi) is 4.25. The minimum Gasteiger partial charge on any atom is -0.478 e. The van der Waals surface area contributed by atoms with E-state index in [1.807, 2.05) is 19.1 Å². The van der Waals surface area contributed by atoms with Crippen LogP contribution >= 0.6 is 11.6 Å². The molecule has 0 bridgehead atoms. The van der Waals surface area contributed by atoms with Crippen LogP contribution in [0.1, 0.15) is 21.5 Å². The molecule has 2 aromatic carbocycles. The van der Waals surface area contributed by atoms with E-state index in [9.17, 15) is 9.18 Å². The Morgan fingerprint density at radius 1 is 1.30 bits per heavy atom. The lowest BCUT2D eigenvalue weighted by Gasteiger charge is -2.10. The Hall–Kier alpha value is -2.07. The number of aromatic carboxylic acids is 1. The first-order chi connectivity index (χ1) is 9.47. The number of carboxylic acids is 1. The van der Waals surface area contributed by atoms with Gasteiger partial charge in [-0.2, -0.15) is 0 Å². The van der Waals surface area contributed by atoms with Crippen LogP contribution < -0.4 is 5.32 Å². The number of hydrogen-bond acceptors (Lipinski definition) is 2. The first-order valence-corrected chi connectivity index (χ1v) is 6.37. The molecule has 2 aromatic rings. The molecule has 0 aliphatic heterocycles. The molecule has 2 rings (SSSR count). The highest BCUT2D eigenvalue weighted by atomic mass is 35.5. The quantitative estimate of drug-likeness (QED) is 0.892. The van der Waals surface area contributed by atoms with Crippen LogP contribution in [0.5, 0.6) is 0 Å². The summed E-state index contributed by atoms with van der Waals surface area (Å²) < 4.78 is 13.5. The van der Waals surface area contributed by atoms with Gasteiger partial charge in [-0.05, 0) is 42.3 Å². The Morgan fingerprint density at radius 2 is 2.05 bits per heavy atom. The van der Waals surface area contributed by atoms with Crippen LogP contribution in [-0.4, -0.2) is 11.1 Å². The fraction of sp³-hybridized carbons (Fsp3) is 0.133. The van der Waals surface area contributed by atoms with Gasteiger partial charge in [0.25, 0.3) is 0 Å². The normalized spacial score (nSPS) is 10.3. The van der Waals surface area contributed by atoms with E-state index in [2.05, 4.69) is 5.32 Å². The number of anilines is 1. The summed E-state index contributed by atoms with van der Waals surface area (Å²) in [5, 5.41) is 12.4. The van der Waals surface area contributed by atoms with Gasteiger partial charge in [-0.1, -0.05) is 23.7 Å². The van der Waals surface area contributed by atoms with Gasteiger partial charge in [0, 0.05) is 6.54 Å². The monoisotopic (exact) mass is 293 g/mol. The van der Waals surface area contributed by atoms with Crippen molar-refractivity contribution in [2.75, 3.05) is 5.32 Å². The van der Waals surface area contributed by atoms with E-state index < -0.39 is 11.8 Å². The van der Waals surface area contributed by atoms with Gasteiger partial charge in [0.05, 0.1) is 16.3 Å². The van der Waals surface area contributed by atoms with Crippen LogP contribution in [0.25, 0.3) is 0 Å². The number of halogens is 2. The van der Waals surface area contributed by atoms with Gasteiger partial charge in [-0.25, -0.2) is 9.18 Å². The third kappa shape index (κ3) is 3.27. The van der Waals surface area contributed by atoms with Crippen molar-refractivity contribution < 1.29 is 14.3 Å².